The molecule has 3 rings (SSSR count). The number of thiophene rings is 1. The zero-order valence-electron chi connectivity index (χ0n) is 12.4. The van der Waals surface area contributed by atoms with Crippen LogP contribution in [0.2, 0.25) is 0 Å². The third-order valence-corrected chi connectivity index (χ3v) is 4.75. The Kier molecular flexibility index (Phi) is 4.08. The fourth-order valence-corrected chi connectivity index (χ4v) is 3.52. The molecule has 0 bridgehead atoms. The van der Waals surface area contributed by atoms with Crippen molar-refractivity contribution in [3.8, 4) is 0 Å². The van der Waals surface area contributed by atoms with Crippen molar-refractivity contribution >= 4 is 22.4 Å². The smallest absolute Gasteiger partial charge is 0.112 e. The van der Waals surface area contributed by atoms with Crippen LogP contribution in [-0.2, 0) is 13.0 Å². The first-order valence-corrected chi connectivity index (χ1v) is 8.19. The fourth-order valence-electron chi connectivity index (χ4n) is 2.66. The average molecular weight is 300 g/mol. The van der Waals surface area contributed by atoms with E-state index in [2.05, 4.69) is 30.5 Å². The van der Waals surface area contributed by atoms with Gasteiger partial charge in [-0.25, -0.2) is 4.98 Å². The number of rotatable bonds is 5. The lowest BCUT2D eigenvalue weighted by molar-refractivity contribution is 0.178. The first-order chi connectivity index (χ1) is 10.2. The number of aliphatic hydroxyl groups is 1. The van der Waals surface area contributed by atoms with Crippen LogP contribution in [0.25, 0.3) is 11.0 Å². The topological polar surface area (TPSA) is 38.0 Å². The fraction of sp³-hybridized carbons (Fsp3) is 0.353. The number of hydrogen-bond acceptors (Lipinski definition) is 3. The molecule has 0 saturated heterocycles. The second-order valence-electron chi connectivity index (χ2n) is 5.34. The van der Waals surface area contributed by atoms with Crippen molar-refractivity contribution in [1.82, 2.24) is 9.55 Å². The number of aryl methyl sites for hydroxylation is 2. The number of para-hydroxylation sites is 2. The van der Waals surface area contributed by atoms with Gasteiger partial charge in [0.05, 0.1) is 17.1 Å². The second kappa shape index (κ2) is 6.00. The third-order valence-electron chi connectivity index (χ3n) is 3.65. The van der Waals surface area contributed by atoms with E-state index in [1.807, 2.05) is 24.3 Å². The summed E-state index contributed by atoms with van der Waals surface area (Å²) >= 11 is 1.65. The van der Waals surface area contributed by atoms with E-state index in [0.717, 1.165) is 34.7 Å². The van der Waals surface area contributed by atoms with Gasteiger partial charge in [0.1, 0.15) is 5.82 Å². The first kappa shape index (κ1) is 14.3. The molecule has 3 aromatic rings. The summed E-state index contributed by atoms with van der Waals surface area (Å²) < 4.78 is 2.24. The predicted molar refractivity (Wildman–Crippen MR) is 87.7 cm³/mol. The Hall–Kier alpha value is -1.65. The summed E-state index contributed by atoms with van der Waals surface area (Å²) in [7, 11) is 0. The molecule has 0 spiro atoms. The van der Waals surface area contributed by atoms with E-state index in [0.29, 0.717) is 6.42 Å². The molecule has 0 aliphatic rings. The van der Waals surface area contributed by atoms with Gasteiger partial charge in [0.25, 0.3) is 0 Å². The van der Waals surface area contributed by atoms with Gasteiger partial charge in [-0.2, -0.15) is 0 Å². The van der Waals surface area contributed by atoms with E-state index in [4.69, 9.17) is 4.98 Å². The maximum atomic E-state index is 10.5. The molecule has 0 aliphatic heterocycles. The first-order valence-electron chi connectivity index (χ1n) is 7.37. The highest BCUT2D eigenvalue weighted by atomic mass is 32.1. The van der Waals surface area contributed by atoms with E-state index < -0.39 is 6.10 Å². The molecule has 2 aromatic heterocycles. The molecule has 0 radical (unpaired) electrons. The van der Waals surface area contributed by atoms with Gasteiger partial charge in [0.2, 0.25) is 0 Å². The zero-order chi connectivity index (χ0) is 14.8. The molecule has 0 saturated carbocycles. The van der Waals surface area contributed by atoms with E-state index >= 15 is 0 Å². The molecular weight excluding hydrogens is 280 g/mol. The lowest BCUT2D eigenvalue weighted by Gasteiger charge is -2.11. The van der Waals surface area contributed by atoms with Crippen LogP contribution in [0.1, 0.15) is 35.0 Å². The summed E-state index contributed by atoms with van der Waals surface area (Å²) in [6.07, 6.45) is 1.15. The third kappa shape index (κ3) is 2.87. The molecule has 2 heterocycles. The number of hydrogen-bond donors (Lipinski definition) is 1. The van der Waals surface area contributed by atoms with E-state index in [1.54, 1.807) is 11.3 Å². The van der Waals surface area contributed by atoms with Crippen molar-refractivity contribution in [1.29, 1.82) is 0 Å². The minimum absolute atomic E-state index is 0.476. The highest BCUT2D eigenvalue weighted by molar-refractivity contribution is 7.12. The highest BCUT2D eigenvalue weighted by Gasteiger charge is 2.16. The maximum absolute atomic E-state index is 10.5. The van der Waals surface area contributed by atoms with E-state index in [-0.39, 0.29) is 0 Å². The predicted octanol–water partition coefficient (Wildman–Crippen LogP) is 4.09. The van der Waals surface area contributed by atoms with Crippen LogP contribution >= 0.6 is 11.3 Å². The normalized spacial score (nSPS) is 12.9. The summed E-state index contributed by atoms with van der Waals surface area (Å²) in [5.74, 6) is 0.969. The molecule has 1 unspecified atom stereocenters. The number of nitrogens with zero attached hydrogens (tertiary/aromatic N) is 2. The molecule has 4 heteroatoms. The van der Waals surface area contributed by atoms with E-state index in [1.165, 1.54) is 4.88 Å². The average Bonchev–Trinajstić information content (AvgIpc) is 3.04. The Labute approximate surface area is 128 Å². The summed E-state index contributed by atoms with van der Waals surface area (Å²) in [6.45, 7) is 5.16. The van der Waals surface area contributed by atoms with Gasteiger partial charge in [-0.15, -0.1) is 11.3 Å². The van der Waals surface area contributed by atoms with Gasteiger partial charge in [-0.3, -0.25) is 0 Å². The number of fused-ring (bicyclic) bond motifs is 1. The molecular formula is C17H20N2OS. The van der Waals surface area contributed by atoms with Crippen LogP contribution in [0, 0.1) is 6.92 Å². The minimum atomic E-state index is -0.476. The van der Waals surface area contributed by atoms with Crippen molar-refractivity contribution in [2.75, 3.05) is 0 Å². The monoisotopic (exact) mass is 300 g/mol. The van der Waals surface area contributed by atoms with Crippen molar-refractivity contribution in [2.45, 2.75) is 39.3 Å². The molecule has 1 aromatic carbocycles. The van der Waals surface area contributed by atoms with Crippen LogP contribution in [0.4, 0.5) is 0 Å². The van der Waals surface area contributed by atoms with Crippen LogP contribution < -0.4 is 0 Å². The van der Waals surface area contributed by atoms with Crippen LogP contribution in [0.5, 0.6) is 0 Å². The molecule has 21 heavy (non-hydrogen) atoms. The molecule has 1 N–H and O–H groups in total. The Morgan fingerprint density at radius 2 is 2.05 bits per heavy atom. The summed E-state index contributed by atoms with van der Waals surface area (Å²) in [5, 5.41) is 10.5. The van der Waals surface area contributed by atoms with Crippen molar-refractivity contribution < 1.29 is 5.11 Å². The molecule has 3 nitrogen and oxygen atoms in total. The minimum Gasteiger partial charge on any atom is -0.387 e. The van der Waals surface area contributed by atoms with Gasteiger partial charge in [-0.05, 0) is 37.6 Å². The number of imidazole rings is 1. The maximum Gasteiger partial charge on any atom is 0.112 e. The molecule has 0 fully saturated rings. The Bertz CT molecular complexity index is 744. The Morgan fingerprint density at radius 1 is 1.24 bits per heavy atom. The van der Waals surface area contributed by atoms with Crippen LogP contribution in [0.15, 0.2) is 36.4 Å². The van der Waals surface area contributed by atoms with Crippen LogP contribution in [-0.4, -0.2) is 14.7 Å². The zero-order valence-corrected chi connectivity index (χ0v) is 13.2. The van der Waals surface area contributed by atoms with Crippen molar-refractivity contribution in [2.24, 2.45) is 0 Å². The second-order valence-corrected chi connectivity index (χ2v) is 6.66. The SMILES string of the molecule is CCCn1c(CC(O)c2ccc(C)s2)nc2ccccc21. The van der Waals surface area contributed by atoms with E-state index in [9.17, 15) is 5.11 Å². The van der Waals surface area contributed by atoms with Crippen LogP contribution in [0.3, 0.4) is 0 Å². The molecule has 0 amide bonds. The Morgan fingerprint density at radius 3 is 2.76 bits per heavy atom. The van der Waals surface area contributed by atoms with Gasteiger partial charge >= 0.3 is 0 Å². The molecule has 1 atom stereocenters. The number of benzene rings is 1. The standard InChI is InChI=1S/C17H20N2OS/c1-3-10-19-14-7-5-4-6-13(14)18-17(19)11-15(20)16-9-8-12(2)21-16/h4-9,15,20H,3,10-11H2,1-2H3. The summed E-state index contributed by atoms with van der Waals surface area (Å²) in [5.41, 5.74) is 2.17. The molecule has 110 valence electrons. The number of aromatic nitrogens is 2. The van der Waals surface area contributed by atoms with Crippen molar-refractivity contribution in [3.63, 3.8) is 0 Å². The lowest BCUT2D eigenvalue weighted by Crippen LogP contribution is -2.08. The van der Waals surface area contributed by atoms with Gasteiger partial charge in [-0.1, -0.05) is 19.1 Å². The van der Waals surface area contributed by atoms with Gasteiger partial charge < -0.3 is 9.67 Å². The summed E-state index contributed by atoms with van der Waals surface area (Å²) in [4.78, 5) is 6.96. The largest absolute Gasteiger partial charge is 0.387 e. The lowest BCUT2D eigenvalue weighted by atomic mass is 10.2. The summed E-state index contributed by atoms with van der Waals surface area (Å²) in [6, 6.07) is 12.2. The highest BCUT2D eigenvalue weighted by Crippen LogP contribution is 2.27. The van der Waals surface area contributed by atoms with Gasteiger partial charge in [0, 0.05) is 22.7 Å². The van der Waals surface area contributed by atoms with Crippen molar-refractivity contribution in [3.05, 3.63) is 52.0 Å². The Balaban J connectivity index is 1.94. The molecule has 0 aliphatic carbocycles. The van der Waals surface area contributed by atoms with Gasteiger partial charge in [0.15, 0.2) is 0 Å². The number of aliphatic hydroxyl groups excluding tert-OH is 1. The quantitative estimate of drug-likeness (QED) is 0.770.